The van der Waals surface area contributed by atoms with Gasteiger partial charge < -0.3 is 28.3 Å². The van der Waals surface area contributed by atoms with Crippen molar-refractivity contribution in [3.63, 3.8) is 0 Å². The molecule has 0 amide bonds. The van der Waals surface area contributed by atoms with Gasteiger partial charge in [0.1, 0.15) is 12.7 Å². The van der Waals surface area contributed by atoms with Gasteiger partial charge in [-0.15, -0.1) is 0 Å². The van der Waals surface area contributed by atoms with Crippen LogP contribution in [-0.2, 0) is 42.9 Å². The van der Waals surface area contributed by atoms with E-state index in [-0.39, 0.29) is 6.61 Å². The number of esters is 4. The van der Waals surface area contributed by atoms with Gasteiger partial charge in [0.15, 0.2) is 24.5 Å². The topological polar surface area (TPSA) is 119 Å². The van der Waals surface area contributed by atoms with Crippen LogP contribution in [0.5, 0.6) is 0 Å². The molecule has 0 radical (unpaired) electrons. The van der Waals surface area contributed by atoms with Crippen molar-refractivity contribution in [2.45, 2.75) is 65.3 Å². The summed E-state index contributed by atoms with van der Waals surface area (Å²) in [5.41, 5.74) is 1.81. The molecule has 1 aliphatic rings. The molecule has 0 bridgehead atoms. The van der Waals surface area contributed by atoms with Crippen molar-refractivity contribution in [2.75, 3.05) is 6.61 Å². The minimum absolute atomic E-state index is 0.271. The normalized spacial score (nSPS) is 24.7. The lowest BCUT2D eigenvalue weighted by Crippen LogP contribution is -2.60. The van der Waals surface area contributed by atoms with Gasteiger partial charge >= 0.3 is 23.9 Å². The first-order chi connectivity index (χ1) is 15.6. The zero-order chi connectivity index (χ0) is 24.3. The fourth-order valence-corrected chi connectivity index (χ4v) is 3.99. The Hall–Kier alpha value is -3.40. The fraction of sp³-hybridized carbons (Fsp3) is 0.478. The minimum atomic E-state index is -1.21. The number of benzene rings is 1. The average Bonchev–Trinajstić information content (AvgIpc) is 3.14. The number of hydrogen-bond acceptors (Lipinski definition) is 9. The largest absolute Gasteiger partial charge is 0.463 e. The molecule has 2 heterocycles. The highest BCUT2D eigenvalue weighted by atomic mass is 16.7. The molecule has 0 saturated carbocycles. The van der Waals surface area contributed by atoms with Crippen LogP contribution in [0.2, 0.25) is 0 Å². The number of ether oxygens (including phenoxy) is 5. The van der Waals surface area contributed by atoms with E-state index in [0.717, 1.165) is 16.5 Å². The summed E-state index contributed by atoms with van der Waals surface area (Å²) in [5.74, 6) is -2.55. The molecule has 0 aliphatic carbocycles. The summed E-state index contributed by atoms with van der Waals surface area (Å²) >= 11 is 0. The maximum atomic E-state index is 12.0. The molecular weight excluding hydrogens is 434 g/mol. The predicted molar refractivity (Wildman–Crippen MR) is 114 cm³/mol. The van der Waals surface area contributed by atoms with E-state index in [1.807, 2.05) is 31.2 Å². The van der Waals surface area contributed by atoms with Crippen LogP contribution in [0.3, 0.4) is 0 Å². The van der Waals surface area contributed by atoms with Crippen molar-refractivity contribution < 1.29 is 42.9 Å². The van der Waals surface area contributed by atoms with Gasteiger partial charge in [-0.1, -0.05) is 12.1 Å². The maximum absolute atomic E-state index is 12.0. The molecule has 10 heteroatoms. The van der Waals surface area contributed by atoms with E-state index < -0.39 is 54.5 Å². The Kier molecular flexibility index (Phi) is 7.37. The van der Waals surface area contributed by atoms with Crippen LogP contribution in [-0.4, -0.2) is 59.5 Å². The smallest absolute Gasteiger partial charge is 0.303 e. The summed E-state index contributed by atoms with van der Waals surface area (Å²) in [6.45, 7) is 6.51. The molecule has 1 fully saturated rings. The van der Waals surface area contributed by atoms with Crippen LogP contribution in [0.4, 0.5) is 0 Å². The number of fused-ring (bicyclic) bond motifs is 1. The van der Waals surface area contributed by atoms with Crippen LogP contribution >= 0.6 is 0 Å². The second-order valence-corrected chi connectivity index (χ2v) is 7.82. The molecule has 2 aromatic rings. The lowest BCUT2D eigenvalue weighted by atomic mass is 9.97. The van der Waals surface area contributed by atoms with Crippen molar-refractivity contribution in [3.8, 4) is 0 Å². The molecule has 1 aromatic carbocycles. The zero-order valence-electron chi connectivity index (χ0n) is 19.1. The minimum Gasteiger partial charge on any atom is -0.463 e. The standard InChI is InChI=1S/C23H27NO9/c1-12-7-6-8-18-17(12)9-10-24(18)23-22(32-16(5)28)21(31-15(4)27)20(30-14(3)26)19(33-23)11-29-13(2)25/h6-10,19-23H,11H2,1-5H3/t19-,20-,21?,22-,23-/m1/s1. The lowest BCUT2D eigenvalue weighted by molar-refractivity contribution is -0.267. The molecule has 10 nitrogen and oxygen atoms in total. The monoisotopic (exact) mass is 461 g/mol. The number of carbonyl (C=O) groups is 4. The summed E-state index contributed by atoms with van der Waals surface area (Å²) in [6.07, 6.45) is -3.75. The van der Waals surface area contributed by atoms with Crippen LogP contribution in [0, 0.1) is 6.92 Å². The quantitative estimate of drug-likeness (QED) is 0.471. The fourth-order valence-electron chi connectivity index (χ4n) is 3.99. The van der Waals surface area contributed by atoms with Gasteiger partial charge in [0.2, 0.25) is 0 Å². The van der Waals surface area contributed by atoms with Crippen LogP contribution in [0.1, 0.15) is 39.5 Å². The Balaban J connectivity index is 2.13. The molecule has 1 aliphatic heterocycles. The summed E-state index contributed by atoms with van der Waals surface area (Å²) in [7, 11) is 0. The molecule has 1 saturated heterocycles. The molecule has 0 N–H and O–H groups in total. The molecule has 1 aromatic heterocycles. The molecule has 178 valence electrons. The number of aryl methyl sites for hydroxylation is 1. The molecule has 1 unspecified atom stereocenters. The Morgan fingerprint density at radius 3 is 2.06 bits per heavy atom. The lowest BCUT2D eigenvalue weighted by Gasteiger charge is -2.44. The Morgan fingerprint density at radius 2 is 1.45 bits per heavy atom. The molecule has 33 heavy (non-hydrogen) atoms. The van der Waals surface area contributed by atoms with Gasteiger partial charge in [-0.05, 0) is 24.6 Å². The van der Waals surface area contributed by atoms with Crippen LogP contribution in [0.25, 0.3) is 10.9 Å². The van der Waals surface area contributed by atoms with Gasteiger partial charge in [0.25, 0.3) is 0 Å². The number of nitrogens with zero attached hydrogens (tertiary/aromatic N) is 1. The third-order valence-corrected chi connectivity index (χ3v) is 5.22. The van der Waals surface area contributed by atoms with Gasteiger partial charge in [-0.25, -0.2) is 0 Å². The van der Waals surface area contributed by atoms with E-state index in [9.17, 15) is 19.2 Å². The van der Waals surface area contributed by atoms with Gasteiger partial charge in [0, 0.05) is 39.3 Å². The average molecular weight is 461 g/mol. The number of aromatic nitrogens is 1. The molecule has 3 rings (SSSR count). The first kappa shape index (κ1) is 24.2. The number of rotatable bonds is 6. The van der Waals surface area contributed by atoms with Crippen molar-refractivity contribution in [2.24, 2.45) is 0 Å². The summed E-state index contributed by atoms with van der Waals surface area (Å²) in [4.78, 5) is 47.3. The zero-order valence-corrected chi connectivity index (χ0v) is 19.1. The van der Waals surface area contributed by atoms with E-state index in [1.54, 1.807) is 10.8 Å². The van der Waals surface area contributed by atoms with E-state index in [0.29, 0.717) is 0 Å². The van der Waals surface area contributed by atoms with Crippen molar-refractivity contribution in [3.05, 3.63) is 36.0 Å². The highest BCUT2D eigenvalue weighted by Gasteiger charge is 2.53. The van der Waals surface area contributed by atoms with Crippen LogP contribution in [0.15, 0.2) is 30.5 Å². The first-order valence-corrected chi connectivity index (χ1v) is 10.4. The first-order valence-electron chi connectivity index (χ1n) is 10.4. The third kappa shape index (κ3) is 5.51. The van der Waals surface area contributed by atoms with E-state index in [1.165, 1.54) is 27.7 Å². The number of carbonyl (C=O) groups excluding carboxylic acids is 4. The summed E-state index contributed by atoms with van der Waals surface area (Å²) < 4.78 is 29.5. The third-order valence-electron chi connectivity index (χ3n) is 5.22. The highest BCUT2D eigenvalue weighted by molar-refractivity contribution is 5.83. The maximum Gasteiger partial charge on any atom is 0.303 e. The van der Waals surface area contributed by atoms with Crippen molar-refractivity contribution in [1.82, 2.24) is 4.57 Å². The Bertz CT molecular complexity index is 1060. The predicted octanol–water partition coefficient (Wildman–Crippen LogP) is 2.21. The SMILES string of the molecule is CC(=O)OC[C@H]1O[C@@H](n2ccc3c(C)cccc32)[C@H](OC(C)=O)C(OC(C)=O)[C@@H]1OC(C)=O. The van der Waals surface area contributed by atoms with Crippen molar-refractivity contribution >= 4 is 34.8 Å². The van der Waals surface area contributed by atoms with E-state index >= 15 is 0 Å². The van der Waals surface area contributed by atoms with E-state index in [4.69, 9.17) is 23.7 Å². The van der Waals surface area contributed by atoms with Crippen LogP contribution < -0.4 is 0 Å². The second-order valence-electron chi connectivity index (χ2n) is 7.82. The summed E-state index contributed by atoms with van der Waals surface area (Å²) in [6, 6.07) is 7.59. The number of hydrogen-bond donors (Lipinski definition) is 0. The Morgan fingerprint density at radius 1 is 0.848 bits per heavy atom. The van der Waals surface area contributed by atoms with Gasteiger partial charge in [-0.2, -0.15) is 0 Å². The molecule has 0 spiro atoms. The molecular formula is C23H27NO9. The van der Waals surface area contributed by atoms with Gasteiger partial charge in [0.05, 0.1) is 5.52 Å². The molecule has 5 atom stereocenters. The summed E-state index contributed by atoms with van der Waals surface area (Å²) in [5, 5.41) is 0.949. The Labute approximate surface area is 190 Å². The van der Waals surface area contributed by atoms with Gasteiger partial charge in [-0.3, -0.25) is 19.2 Å². The highest BCUT2D eigenvalue weighted by Crippen LogP contribution is 2.37. The van der Waals surface area contributed by atoms with E-state index in [2.05, 4.69) is 0 Å². The van der Waals surface area contributed by atoms with Crippen molar-refractivity contribution in [1.29, 1.82) is 0 Å². The second kappa shape index (κ2) is 10.0.